The third-order valence-corrected chi connectivity index (χ3v) is 2.22. The van der Waals surface area contributed by atoms with Crippen LogP contribution in [0.25, 0.3) is 5.69 Å². The number of rotatable bonds is 1. The van der Waals surface area contributed by atoms with Crippen LogP contribution >= 0.6 is 0 Å². The van der Waals surface area contributed by atoms with E-state index in [0.717, 1.165) is 11.3 Å². The summed E-state index contributed by atoms with van der Waals surface area (Å²) in [4.78, 5) is 11.5. The fourth-order valence-corrected chi connectivity index (χ4v) is 1.39. The highest BCUT2D eigenvalue weighted by Crippen LogP contribution is 2.09. The van der Waals surface area contributed by atoms with Crippen molar-refractivity contribution < 1.29 is 5.11 Å². The van der Waals surface area contributed by atoms with E-state index in [1.165, 1.54) is 16.7 Å². The Balaban J connectivity index is 2.55. The van der Waals surface area contributed by atoms with Crippen LogP contribution in [0.2, 0.25) is 0 Å². The van der Waals surface area contributed by atoms with Crippen LogP contribution in [0.3, 0.4) is 0 Å². The van der Waals surface area contributed by atoms with E-state index in [1.54, 1.807) is 6.20 Å². The molecule has 0 saturated carbocycles. The molecule has 0 amide bonds. The first-order valence-electron chi connectivity index (χ1n) is 4.65. The highest BCUT2D eigenvalue weighted by molar-refractivity contribution is 5.35. The minimum absolute atomic E-state index is 0.0108. The normalized spacial score (nSPS) is 10.2. The quantitative estimate of drug-likeness (QED) is 0.765. The van der Waals surface area contributed by atoms with Crippen molar-refractivity contribution in [2.45, 2.75) is 6.92 Å². The van der Waals surface area contributed by atoms with Crippen LogP contribution in [0.1, 0.15) is 5.56 Å². The number of hydrogen-bond donors (Lipinski definition) is 1. The molecule has 0 saturated heterocycles. The molecule has 0 aliphatic heterocycles. The summed E-state index contributed by atoms with van der Waals surface area (Å²) in [5.74, 6) is -0.0108. The standard InChI is InChI=1S/C12H11NO2/c1-9-2-4-10(5-3-9)13-7-6-11(14)8-12(13)15/h2-8,14H,1H3. The lowest BCUT2D eigenvalue weighted by Crippen LogP contribution is -2.15. The number of aromatic nitrogens is 1. The van der Waals surface area contributed by atoms with Crippen molar-refractivity contribution in [1.82, 2.24) is 4.57 Å². The molecule has 0 spiro atoms. The largest absolute Gasteiger partial charge is 0.508 e. The molecule has 1 aromatic heterocycles. The summed E-state index contributed by atoms with van der Waals surface area (Å²) >= 11 is 0. The summed E-state index contributed by atoms with van der Waals surface area (Å²) in [6, 6.07) is 10.3. The Labute approximate surface area is 87.2 Å². The van der Waals surface area contributed by atoms with Crippen molar-refractivity contribution >= 4 is 0 Å². The van der Waals surface area contributed by atoms with E-state index in [2.05, 4.69) is 0 Å². The number of aryl methyl sites for hydroxylation is 1. The number of hydrogen-bond acceptors (Lipinski definition) is 2. The molecule has 1 N–H and O–H groups in total. The summed E-state index contributed by atoms with van der Waals surface area (Å²) < 4.78 is 1.49. The van der Waals surface area contributed by atoms with Gasteiger partial charge >= 0.3 is 0 Å². The molecule has 0 atom stereocenters. The van der Waals surface area contributed by atoms with Gasteiger partial charge in [-0.25, -0.2) is 0 Å². The van der Waals surface area contributed by atoms with Crippen molar-refractivity contribution in [2.75, 3.05) is 0 Å². The molecule has 2 aromatic rings. The van der Waals surface area contributed by atoms with E-state index >= 15 is 0 Å². The first-order chi connectivity index (χ1) is 7.16. The minimum Gasteiger partial charge on any atom is -0.508 e. The predicted octanol–water partition coefficient (Wildman–Crippen LogP) is 1.85. The molecular formula is C12H11NO2. The fraction of sp³-hybridized carbons (Fsp3) is 0.0833. The van der Waals surface area contributed by atoms with E-state index < -0.39 is 0 Å². The van der Waals surface area contributed by atoms with Gasteiger partial charge in [-0.3, -0.25) is 9.36 Å². The van der Waals surface area contributed by atoms with Crippen molar-refractivity contribution in [1.29, 1.82) is 0 Å². The van der Waals surface area contributed by atoms with E-state index in [1.807, 2.05) is 31.2 Å². The molecule has 15 heavy (non-hydrogen) atoms. The summed E-state index contributed by atoms with van der Waals surface area (Å²) in [5.41, 5.74) is 1.70. The highest BCUT2D eigenvalue weighted by Gasteiger charge is 1.99. The van der Waals surface area contributed by atoms with Crippen LogP contribution < -0.4 is 5.56 Å². The van der Waals surface area contributed by atoms with Crippen molar-refractivity contribution in [3.8, 4) is 11.4 Å². The molecular weight excluding hydrogens is 190 g/mol. The van der Waals surface area contributed by atoms with Crippen LogP contribution in [0.5, 0.6) is 5.75 Å². The van der Waals surface area contributed by atoms with Gasteiger partial charge in [0.1, 0.15) is 5.75 Å². The second-order valence-corrected chi connectivity index (χ2v) is 3.43. The van der Waals surface area contributed by atoms with Crippen LogP contribution in [-0.4, -0.2) is 9.67 Å². The lowest BCUT2D eigenvalue weighted by molar-refractivity contribution is 0.473. The molecule has 76 valence electrons. The third kappa shape index (κ3) is 1.91. The molecule has 2 rings (SSSR count). The monoisotopic (exact) mass is 201 g/mol. The summed E-state index contributed by atoms with van der Waals surface area (Å²) in [6.07, 6.45) is 1.56. The van der Waals surface area contributed by atoms with Gasteiger partial charge in [0.05, 0.1) is 0 Å². The Morgan fingerprint density at radius 2 is 1.80 bits per heavy atom. The number of benzene rings is 1. The molecule has 0 aliphatic carbocycles. The smallest absolute Gasteiger partial charge is 0.258 e. The number of aromatic hydroxyl groups is 1. The SMILES string of the molecule is Cc1ccc(-n2ccc(O)cc2=O)cc1. The van der Waals surface area contributed by atoms with E-state index in [4.69, 9.17) is 5.11 Å². The molecule has 1 heterocycles. The first kappa shape index (κ1) is 9.52. The first-order valence-corrected chi connectivity index (χ1v) is 4.65. The van der Waals surface area contributed by atoms with Crippen molar-refractivity contribution in [3.05, 3.63) is 58.5 Å². The fourth-order valence-electron chi connectivity index (χ4n) is 1.39. The number of pyridine rings is 1. The maximum Gasteiger partial charge on any atom is 0.258 e. The maximum atomic E-state index is 11.5. The van der Waals surface area contributed by atoms with E-state index in [-0.39, 0.29) is 11.3 Å². The van der Waals surface area contributed by atoms with Gasteiger partial charge in [0.25, 0.3) is 5.56 Å². The lowest BCUT2D eigenvalue weighted by Gasteiger charge is -2.05. The second kappa shape index (κ2) is 3.61. The van der Waals surface area contributed by atoms with Crippen LogP contribution in [0, 0.1) is 6.92 Å². The second-order valence-electron chi connectivity index (χ2n) is 3.43. The highest BCUT2D eigenvalue weighted by atomic mass is 16.3. The molecule has 0 aliphatic rings. The molecule has 3 heteroatoms. The zero-order valence-electron chi connectivity index (χ0n) is 8.34. The topological polar surface area (TPSA) is 42.2 Å². The van der Waals surface area contributed by atoms with Gasteiger partial charge in [0.2, 0.25) is 0 Å². The third-order valence-electron chi connectivity index (χ3n) is 2.22. The summed E-state index contributed by atoms with van der Waals surface area (Å²) in [7, 11) is 0. The van der Waals surface area contributed by atoms with E-state index in [9.17, 15) is 4.79 Å². The minimum atomic E-state index is -0.237. The molecule has 0 radical (unpaired) electrons. The van der Waals surface area contributed by atoms with Gasteiger partial charge in [-0.15, -0.1) is 0 Å². The van der Waals surface area contributed by atoms with Gasteiger partial charge in [-0.05, 0) is 25.1 Å². The van der Waals surface area contributed by atoms with Crippen LogP contribution in [-0.2, 0) is 0 Å². The molecule has 0 fully saturated rings. The Morgan fingerprint density at radius 1 is 1.13 bits per heavy atom. The van der Waals surface area contributed by atoms with Gasteiger partial charge in [-0.2, -0.15) is 0 Å². The van der Waals surface area contributed by atoms with Crippen molar-refractivity contribution in [3.63, 3.8) is 0 Å². The average molecular weight is 201 g/mol. The zero-order chi connectivity index (χ0) is 10.8. The predicted molar refractivity (Wildman–Crippen MR) is 58.4 cm³/mol. The Morgan fingerprint density at radius 3 is 2.40 bits per heavy atom. The van der Waals surface area contributed by atoms with Crippen LogP contribution in [0.15, 0.2) is 47.4 Å². The Bertz CT molecular complexity index is 526. The zero-order valence-corrected chi connectivity index (χ0v) is 8.34. The molecule has 0 unspecified atom stereocenters. The summed E-state index contributed by atoms with van der Waals surface area (Å²) in [6.45, 7) is 1.99. The van der Waals surface area contributed by atoms with Gasteiger partial charge in [0, 0.05) is 18.0 Å². The number of nitrogens with zero attached hydrogens (tertiary/aromatic N) is 1. The maximum absolute atomic E-state index is 11.5. The Hall–Kier alpha value is -2.03. The van der Waals surface area contributed by atoms with Crippen LogP contribution in [0.4, 0.5) is 0 Å². The Kier molecular flexibility index (Phi) is 2.29. The van der Waals surface area contributed by atoms with Crippen molar-refractivity contribution in [2.24, 2.45) is 0 Å². The average Bonchev–Trinajstić information content (AvgIpc) is 2.20. The molecule has 0 bridgehead atoms. The van der Waals surface area contributed by atoms with Gasteiger partial charge in [0.15, 0.2) is 0 Å². The summed E-state index contributed by atoms with van der Waals surface area (Å²) in [5, 5.41) is 9.12. The lowest BCUT2D eigenvalue weighted by atomic mass is 10.2. The van der Waals surface area contributed by atoms with E-state index in [0.29, 0.717) is 0 Å². The van der Waals surface area contributed by atoms with Gasteiger partial charge < -0.3 is 5.11 Å². The molecule has 3 nitrogen and oxygen atoms in total. The molecule has 1 aromatic carbocycles. The van der Waals surface area contributed by atoms with Gasteiger partial charge in [-0.1, -0.05) is 17.7 Å².